The molecule has 0 unspecified atom stereocenters. The Kier molecular flexibility index (Phi) is 4.20. The van der Waals surface area contributed by atoms with Gasteiger partial charge >= 0.3 is 0 Å². The summed E-state index contributed by atoms with van der Waals surface area (Å²) in [7, 11) is 0. The summed E-state index contributed by atoms with van der Waals surface area (Å²) in [6.45, 7) is 5.57. The van der Waals surface area contributed by atoms with Crippen LogP contribution in [0.25, 0.3) is 5.65 Å². The third kappa shape index (κ3) is 2.95. The molecule has 0 saturated heterocycles. The van der Waals surface area contributed by atoms with Crippen molar-refractivity contribution in [1.82, 2.24) is 19.7 Å². The van der Waals surface area contributed by atoms with Crippen molar-refractivity contribution in [2.45, 2.75) is 27.2 Å². The average Bonchev–Trinajstić information content (AvgIpc) is 3.07. The van der Waals surface area contributed by atoms with E-state index in [1.165, 1.54) is 6.92 Å². The van der Waals surface area contributed by atoms with Crippen molar-refractivity contribution in [2.75, 3.05) is 6.54 Å². The molecule has 124 valence electrons. The number of aromatic nitrogens is 3. The number of hydrogen-bond acceptors (Lipinski definition) is 3. The van der Waals surface area contributed by atoms with Crippen LogP contribution in [0.4, 0.5) is 0 Å². The summed E-state index contributed by atoms with van der Waals surface area (Å²) < 4.78 is 1.96. The molecule has 0 spiro atoms. The molecule has 0 saturated carbocycles. The number of pyridine rings is 1. The number of Topliss-reactive ketones (excluding diaryl/α,β-unsaturated/α-hetero) is 1. The van der Waals surface area contributed by atoms with Crippen LogP contribution in [-0.2, 0) is 6.42 Å². The molecule has 3 rings (SSSR count). The van der Waals surface area contributed by atoms with Gasteiger partial charge in [-0.05, 0) is 31.5 Å². The SMILES string of the molecule is CC(=O)c1[nH]c(C)c(C(=O)NCCc2cn3ccccc3n2)c1C. The van der Waals surface area contributed by atoms with Gasteiger partial charge in [-0.15, -0.1) is 0 Å². The number of carbonyl (C=O) groups excluding carboxylic acids is 2. The van der Waals surface area contributed by atoms with E-state index in [0.29, 0.717) is 35.5 Å². The predicted octanol–water partition coefficient (Wildman–Crippen LogP) is 2.45. The molecule has 0 atom stereocenters. The number of aromatic amines is 1. The highest BCUT2D eigenvalue weighted by Crippen LogP contribution is 2.18. The number of nitrogens with one attached hydrogen (secondary N) is 2. The second-order valence-electron chi connectivity index (χ2n) is 5.89. The van der Waals surface area contributed by atoms with Gasteiger partial charge in [-0.2, -0.15) is 0 Å². The van der Waals surface area contributed by atoms with Gasteiger partial charge in [0, 0.05) is 38.0 Å². The van der Waals surface area contributed by atoms with Gasteiger partial charge in [0.2, 0.25) is 0 Å². The summed E-state index contributed by atoms with van der Waals surface area (Å²) in [6, 6.07) is 5.83. The van der Waals surface area contributed by atoms with Gasteiger partial charge in [-0.25, -0.2) is 4.98 Å². The number of carbonyl (C=O) groups is 2. The number of ketones is 1. The molecule has 0 fully saturated rings. The van der Waals surface area contributed by atoms with Crippen LogP contribution in [0.2, 0.25) is 0 Å². The number of nitrogens with zero attached hydrogens (tertiary/aromatic N) is 2. The van der Waals surface area contributed by atoms with Gasteiger partial charge in [0.15, 0.2) is 5.78 Å². The Morgan fingerprint density at radius 2 is 2.08 bits per heavy atom. The summed E-state index contributed by atoms with van der Waals surface area (Å²) in [5.74, 6) is -0.239. The molecule has 3 aromatic rings. The summed E-state index contributed by atoms with van der Waals surface area (Å²) in [6.07, 6.45) is 4.55. The molecule has 0 radical (unpaired) electrons. The van der Waals surface area contributed by atoms with E-state index < -0.39 is 0 Å². The number of H-pyrrole nitrogens is 1. The van der Waals surface area contributed by atoms with Crippen LogP contribution in [-0.4, -0.2) is 32.6 Å². The largest absolute Gasteiger partial charge is 0.355 e. The molecule has 3 heterocycles. The Morgan fingerprint density at radius 3 is 2.75 bits per heavy atom. The van der Waals surface area contributed by atoms with Crippen LogP contribution in [0.1, 0.15) is 44.7 Å². The molecule has 6 heteroatoms. The van der Waals surface area contributed by atoms with E-state index in [-0.39, 0.29) is 11.7 Å². The van der Waals surface area contributed by atoms with Crippen LogP contribution in [0.3, 0.4) is 0 Å². The Balaban J connectivity index is 1.66. The van der Waals surface area contributed by atoms with Crippen molar-refractivity contribution in [3.05, 3.63) is 58.8 Å². The summed E-state index contributed by atoms with van der Waals surface area (Å²) in [4.78, 5) is 31.5. The number of imidazole rings is 1. The standard InChI is InChI=1S/C18H20N4O2/c1-11-16(12(2)20-17(11)13(3)23)18(24)19-8-7-14-10-22-9-5-4-6-15(22)21-14/h4-6,9-10,20H,7-8H2,1-3H3,(H,19,24). The first-order valence-corrected chi connectivity index (χ1v) is 7.88. The Morgan fingerprint density at radius 1 is 1.29 bits per heavy atom. The highest BCUT2D eigenvalue weighted by atomic mass is 16.1. The zero-order valence-electron chi connectivity index (χ0n) is 14.0. The van der Waals surface area contributed by atoms with E-state index in [2.05, 4.69) is 15.3 Å². The molecule has 3 aromatic heterocycles. The molecule has 0 aromatic carbocycles. The Bertz CT molecular complexity index is 887. The molecule has 1 amide bonds. The summed E-state index contributed by atoms with van der Waals surface area (Å²) in [5, 5.41) is 2.91. The normalized spacial score (nSPS) is 11.0. The fourth-order valence-electron chi connectivity index (χ4n) is 2.94. The number of rotatable bonds is 5. The van der Waals surface area contributed by atoms with Gasteiger partial charge in [-0.1, -0.05) is 6.07 Å². The maximum atomic E-state index is 12.4. The van der Waals surface area contributed by atoms with Gasteiger partial charge in [0.05, 0.1) is 17.0 Å². The fraction of sp³-hybridized carbons (Fsp3) is 0.278. The van der Waals surface area contributed by atoms with Crippen molar-refractivity contribution in [3.8, 4) is 0 Å². The lowest BCUT2D eigenvalue weighted by Gasteiger charge is -2.05. The summed E-state index contributed by atoms with van der Waals surface area (Å²) >= 11 is 0. The van der Waals surface area contributed by atoms with E-state index in [9.17, 15) is 9.59 Å². The minimum Gasteiger partial charge on any atom is -0.355 e. The number of hydrogen-bond donors (Lipinski definition) is 2. The number of fused-ring (bicyclic) bond motifs is 1. The molecule has 6 nitrogen and oxygen atoms in total. The molecule has 0 aliphatic heterocycles. The van der Waals surface area contributed by atoms with Crippen LogP contribution in [0, 0.1) is 13.8 Å². The van der Waals surface area contributed by atoms with Crippen molar-refractivity contribution < 1.29 is 9.59 Å². The average molecular weight is 324 g/mol. The number of aryl methyl sites for hydroxylation is 1. The lowest BCUT2D eigenvalue weighted by molar-refractivity contribution is 0.0953. The Hall–Kier alpha value is -2.89. The van der Waals surface area contributed by atoms with Gasteiger partial charge in [0.1, 0.15) is 5.65 Å². The zero-order chi connectivity index (χ0) is 17.3. The predicted molar refractivity (Wildman–Crippen MR) is 91.5 cm³/mol. The zero-order valence-corrected chi connectivity index (χ0v) is 14.0. The van der Waals surface area contributed by atoms with Crippen molar-refractivity contribution in [1.29, 1.82) is 0 Å². The maximum absolute atomic E-state index is 12.4. The van der Waals surface area contributed by atoms with Crippen LogP contribution >= 0.6 is 0 Å². The summed E-state index contributed by atoms with van der Waals surface area (Å²) in [5.41, 5.74) is 4.28. The number of amides is 1. The first-order chi connectivity index (χ1) is 11.5. The fourth-order valence-corrected chi connectivity index (χ4v) is 2.94. The first kappa shape index (κ1) is 16.0. The van der Waals surface area contributed by atoms with E-state index in [1.54, 1.807) is 13.8 Å². The second kappa shape index (κ2) is 6.31. The lowest BCUT2D eigenvalue weighted by Crippen LogP contribution is -2.26. The molecule has 0 bridgehead atoms. The van der Waals surface area contributed by atoms with Gasteiger partial charge < -0.3 is 14.7 Å². The quantitative estimate of drug-likeness (QED) is 0.708. The third-order valence-corrected chi connectivity index (χ3v) is 4.10. The Labute approximate surface area is 139 Å². The van der Waals surface area contributed by atoms with Crippen molar-refractivity contribution in [2.24, 2.45) is 0 Å². The van der Waals surface area contributed by atoms with Crippen LogP contribution in [0.5, 0.6) is 0 Å². The van der Waals surface area contributed by atoms with E-state index in [1.807, 2.05) is 35.0 Å². The van der Waals surface area contributed by atoms with Crippen molar-refractivity contribution >= 4 is 17.3 Å². The molecule has 0 aliphatic carbocycles. The van der Waals surface area contributed by atoms with Crippen LogP contribution < -0.4 is 5.32 Å². The monoisotopic (exact) mass is 324 g/mol. The lowest BCUT2D eigenvalue weighted by atomic mass is 10.1. The second-order valence-corrected chi connectivity index (χ2v) is 5.89. The third-order valence-electron chi connectivity index (χ3n) is 4.10. The van der Waals surface area contributed by atoms with Crippen LogP contribution in [0.15, 0.2) is 30.6 Å². The van der Waals surface area contributed by atoms with E-state index in [0.717, 1.165) is 11.3 Å². The smallest absolute Gasteiger partial charge is 0.253 e. The maximum Gasteiger partial charge on any atom is 0.253 e. The minimum atomic E-state index is -0.169. The van der Waals surface area contributed by atoms with Gasteiger partial charge in [-0.3, -0.25) is 9.59 Å². The van der Waals surface area contributed by atoms with E-state index in [4.69, 9.17) is 0 Å². The van der Waals surface area contributed by atoms with Gasteiger partial charge in [0.25, 0.3) is 5.91 Å². The molecular weight excluding hydrogens is 304 g/mol. The van der Waals surface area contributed by atoms with Crippen molar-refractivity contribution in [3.63, 3.8) is 0 Å². The van der Waals surface area contributed by atoms with E-state index >= 15 is 0 Å². The highest BCUT2D eigenvalue weighted by Gasteiger charge is 2.19. The first-order valence-electron chi connectivity index (χ1n) is 7.88. The molecular formula is C18H20N4O2. The highest BCUT2D eigenvalue weighted by molar-refractivity contribution is 6.02. The molecule has 2 N–H and O–H groups in total. The topological polar surface area (TPSA) is 79.3 Å². The molecule has 24 heavy (non-hydrogen) atoms. The minimum absolute atomic E-state index is 0.0700. The molecule has 0 aliphatic rings.